The van der Waals surface area contributed by atoms with Crippen molar-refractivity contribution in [3.05, 3.63) is 59.7 Å². The number of benzene rings is 2. The minimum Gasteiger partial charge on any atom is -0.497 e. The highest BCUT2D eigenvalue weighted by atomic mass is 16.5. The molecule has 0 spiro atoms. The van der Waals surface area contributed by atoms with Crippen LogP contribution in [0.25, 0.3) is 0 Å². The highest BCUT2D eigenvalue weighted by Gasteiger charge is 2.53. The summed E-state index contributed by atoms with van der Waals surface area (Å²) in [6.07, 6.45) is 3.51. The first-order valence-electron chi connectivity index (χ1n) is 11.6. The summed E-state index contributed by atoms with van der Waals surface area (Å²) in [6, 6.07) is 15.2. The summed E-state index contributed by atoms with van der Waals surface area (Å²) in [7, 11) is 1.65. The zero-order chi connectivity index (χ0) is 23.2. The molecule has 0 N–H and O–H groups in total. The number of amides is 3. The van der Waals surface area contributed by atoms with Crippen LogP contribution in [-0.4, -0.2) is 59.4 Å². The lowest BCUT2D eigenvalue weighted by atomic mass is 9.98. The highest BCUT2D eigenvalue weighted by molar-refractivity contribution is 6.11. The SMILES string of the molecule is COc1cccc(CC2CCCN2C(=O)CN2C(=O)c3ccccc3N3C(=O)CCC23C)c1. The Balaban J connectivity index is 1.38. The van der Waals surface area contributed by atoms with E-state index < -0.39 is 5.66 Å². The molecule has 7 heteroatoms. The summed E-state index contributed by atoms with van der Waals surface area (Å²) in [5.74, 6) is 0.552. The Morgan fingerprint density at radius 1 is 1.15 bits per heavy atom. The molecule has 3 amide bonds. The molecule has 7 nitrogen and oxygen atoms in total. The van der Waals surface area contributed by atoms with E-state index in [9.17, 15) is 14.4 Å². The van der Waals surface area contributed by atoms with Crippen LogP contribution in [0.15, 0.2) is 48.5 Å². The van der Waals surface area contributed by atoms with Gasteiger partial charge in [-0.15, -0.1) is 0 Å². The van der Waals surface area contributed by atoms with Crippen LogP contribution < -0.4 is 9.64 Å². The van der Waals surface area contributed by atoms with Crippen molar-refractivity contribution in [2.75, 3.05) is 25.1 Å². The Kier molecular flexibility index (Phi) is 5.35. The third-order valence-corrected chi connectivity index (χ3v) is 7.34. The molecule has 2 aromatic rings. The molecule has 2 fully saturated rings. The van der Waals surface area contributed by atoms with Crippen LogP contribution in [0.2, 0.25) is 0 Å². The summed E-state index contributed by atoms with van der Waals surface area (Å²) < 4.78 is 5.34. The van der Waals surface area contributed by atoms with Crippen molar-refractivity contribution in [2.24, 2.45) is 0 Å². The third kappa shape index (κ3) is 3.56. The van der Waals surface area contributed by atoms with Gasteiger partial charge in [-0.05, 0) is 62.4 Å². The lowest BCUT2D eigenvalue weighted by Gasteiger charge is -2.48. The lowest BCUT2D eigenvalue weighted by molar-refractivity contribution is -0.134. The largest absolute Gasteiger partial charge is 0.497 e. The smallest absolute Gasteiger partial charge is 0.258 e. The van der Waals surface area contributed by atoms with Crippen LogP contribution in [0.1, 0.15) is 48.5 Å². The summed E-state index contributed by atoms with van der Waals surface area (Å²) in [5.41, 5.74) is 1.43. The summed E-state index contributed by atoms with van der Waals surface area (Å²) >= 11 is 0. The Labute approximate surface area is 193 Å². The van der Waals surface area contributed by atoms with E-state index in [0.29, 0.717) is 30.6 Å². The number of para-hydroxylation sites is 1. The van der Waals surface area contributed by atoms with Gasteiger partial charge < -0.3 is 14.5 Å². The molecule has 0 saturated carbocycles. The first-order chi connectivity index (χ1) is 15.9. The minimum absolute atomic E-state index is 0.00743. The summed E-state index contributed by atoms with van der Waals surface area (Å²) in [4.78, 5) is 45.0. The number of nitrogens with zero attached hydrogens (tertiary/aromatic N) is 3. The molecule has 5 rings (SSSR count). The highest BCUT2D eigenvalue weighted by Crippen LogP contribution is 2.44. The van der Waals surface area contributed by atoms with Gasteiger partial charge in [-0.3, -0.25) is 19.3 Å². The Morgan fingerprint density at radius 2 is 1.97 bits per heavy atom. The number of ether oxygens (including phenoxy) is 1. The number of methoxy groups -OCH3 is 1. The molecular weight excluding hydrogens is 418 g/mol. The van der Waals surface area contributed by atoms with E-state index in [1.165, 1.54) is 0 Å². The normalized spacial score (nSPS) is 24.2. The topological polar surface area (TPSA) is 70.2 Å². The predicted octanol–water partition coefficient (Wildman–Crippen LogP) is 3.23. The van der Waals surface area contributed by atoms with Crippen molar-refractivity contribution in [3.8, 4) is 5.75 Å². The molecule has 0 aromatic heterocycles. The van der Waals surface area contributed by atoms with Gasteiger partial charge in [0, 0.05) is 19.0 Å². The van der Waals surface area contributed by atoms with Crippen LogP contribution in [0.4, 0.5) is 5.69 Å². The molecule has 3 aliphatic rings. The van der Waals surface area contributed by atoms with Gasteiger partial charge in [-0.2, -0.15) is 0 Å². The van der Waals surface area contributed by atoms with Crippen molar-refractivity contribution >= 4 is 23.4 Å². The summed E-state index contributed by atoms with van der Waals surface area (Å²) in [6.45, 7) is 2.56. The maximum absolute atomic E-state index is 13.5. The molecule has 0 radical (unpaired) electrons. The number of hydrogen-bond donors (Lipinski definition) is 0. The molecule has 2 aromatic carbocycles. The maximum atomic E-state index is 13.5. The van der Waals surface area contributed by atoms with Crippen LogP contribution >= 0.6 is 0 Å². The van der Waals surface area contributed by atoms with Crippen LogP contribution in [0, 0.1) is 0 Å². The zero-order valence-electron chi connectivity index (χ0n) is 19.1. The molecule has 3 heterocycles. The van der Waals surface area contributed by atoms with E-state index in [0.717, 1.165) is 30.6 Å². The molecule has 2 saturated heterocycles. The number of hydrogen-bond acceptors (Lipinski definition) is 4. The molecule has 33 heavy (non-hydrogen) atoms. The standard InChI is InChI=1S/C26H29N3O4/c1-26-13-12-23(30)29(26)22-11-4-3-10-21(22)25(32)28(26)17-24(31)27-14-6-8-19(27)15-18-7-5-9-20(16-18)33-2/h3-5,7,9-11,16,19H,6,8,12-15,17H2,1-2H3. The van der Waals surface area contributed by atoms with Gasteiger partial charge in [-0.25, -0.2) is 0 Å². The van der Waals surface area contributed by atoms with E-state index in [-0.39, 0.29) is 30.3 Å². The molecule has 172 valence electrons. The lowest BCUT2D eigenvalue weighted by Crippen LogP contribution is -2.64. The number of likely N-dealkylation sites (tertiary alicyclic amines) is 1. The number of carbonyl (C=O) groups excluding carboxylic acids is 3. The van der Waals surface area contributed by atoms with E-state index in [2.05, 4.69) is 6.07 Å². The fraction of sp³-hybridized carbons (Fsp3) is 0.423. The molecule has 0 aliphatic carbocycles. The third-order valence-electron chi connectivity index (χ3n) is 7.34. The second-order valence-corrected chi connectivity index (χ2v) is 9.29. The fourth-order valence-corrected chi connectivity index (χ4v) is 5.62. The maximum Gasteiger partial charge on any atom is 0.258 e. The van der Waals surface area contributed by atoms with Crippen LogP contribution in [0.3, 0.4) is 0 Å². The zero-order valence-corrected chi connectivity index (χ0v) is 19.1. The van der Waals surface area contributed by atoms with Gasteiger partial charge >= 0.3 is 0 Å². The average molecular weight is 448 g/mol. The van der Waals surface area contributed by atoms with E-state index in [1.54, 1.807) is 29.0 Å². The van der Waals surface area contributed by atoms with Crippen molar-refractivity contribution in [2.45, 2.75) is 50.7 Å². The number of fused-ring (bicyclic) bond motifs is 3. The van der Waals surface area contributed by atoms with E-state index >= 15 is 0 Å². The van der Waals surface area contributed by atoms with Crippen molar-refractivity contribution < 1.29 is 19.1 Å². The molecular formula is C26H29N3O4. The average Bonchev–Trinajstić information content (AvgIpc) is 3.41. The molecule has 2 unspecified atom stereocenters. The van der Waals surface area contributed by atoms with Crippen LogP contribution in [0.5, 0.6) is 5.75 Å². The molecule has 0 bridgehead atoms. The van der Waals surface area contributed by atoms with Crippen molar-refractivity contribution in [3.63, 3.8) is 0 Å². The fourth-order valence-electron chi connectivity index (χ4n) is 5.62. The minimum atomic E-state index is -0.819. The second kappa shape index (κ2) is 8.21. The molecule has 3 aliphatic heterocycles. The van der Waals surface area contributed by atoms with E-state index in [1.807, 2.05) is 42.2 Å². The number of carbonyl (C=O) groups is 3. The molecule has 2 atom stereocenters. The van der Waals surface area contributed by atoms with Gasteiger partial charge in [0.25, 0.3) is 5.91 Å². The Morgan fingerprint density at radius 3 is 2.79 bits per heavy atom. The quantitative estimate of drug-likeness (QED) is 0.706. The Bertz CT molecular complexity index is 1120. The number of anilines is 1. The van der Waals surface area contributed by atoms with Crippen molar-refractivity contribution in [1.29, 1.82) is 0 Å². The van der Waals surface area contributed by atoms with Gasteiger partial charge in [0.1, 0.15) is 18.0 Å². The predicted molar refractivity (Wildman–Crippen MR) is 124 cm³/mol. The monoisotopic (exact) mass is 447 g/mol. The van der Waals surface area contributed by atoms with Gasteiger partial charge in [0.2, 0.25) is 11.8 Å². The van der Waals surface area contributed by atoms with Crippen molar-refractivity contribution in [1.82, 2.24) is 9.80 Å². The van der Waals surface area contributed by atoms with Gasteiger partial charge in [0.05, 0.1) is 18.4 Å². The first kappa shape index (κ1) is 21.5. The van der Waals surface area contributed by atoms with Gasteiger partial charge in [0.15, 0.2) is 0 Å². The second-order valence-electron chi connectivity index (χ2n) is 9.29. The van der Waals surface area contributed by atoms with Crippen LogP contribution in [-0.2, 0) is 16.0 Å². The Hall–Kier alpha value is -3.35. The van der Waals surface area contributed by atoms with Gasteiger partial charge in [-0.1, -0.05) is 24.3 Å². The van der Waals surface area contributed by atoms with E-state index in [4.69, 9.17) is 4.74 Å². The summed E-state index contributed by atoms with van der Waals surface area (Å²) in [5, 5.41) is 0. The first-order valence-corrected chi connectivity index (χ1v) is 11.6. The number of rotatable bonds is 5.